The number of thioether (sulfide) groups is 1. The molecule has 168 valence electrons. The zero-order valence-electron chi connectivity index (χ0n) is 18.6. The summed E-state index contributed by atoms with van der Waals surface area (Å²) < 4.78 is 11.1. The van der Waals surface area contributed by atoms with Crippen LogP contribution in [0.2, 0.25) is 0 Å². The molecule has 1 aromatic carbocycles. The molecule has 0 saturated carbocycles. The Bertz CT molecular complexity index is 627. The lowest BCUT2D eigenvalue weighted by atomic mass is 10.1. The number of methoxy groups -OCH3 is 1. The maximum absolute atomic E-state index is 5.99. The van der Waals surface area contributed by atoms with Crippen molar-refractivity contribution in [1.82, 2.24) is 10.2 Å². The molecule has 2 aliphatic heterocycles. The Hall–Kier alpha value is -1.44. The summed E-state index contributed by atoms with van der Waals surface area (Å²) in [4.78, 5) is 9.77. The molecule has 0 unspecified atom stereocenters. The summed E-state index contributed by atoms with van der Waals surface area (Å²) >= 11 is 2.05. The maximum atomic E-state index is 5.99. The Morgan fingerprint density at radius 3 is 2.50 bits per heavy atom. The summed E-state index contributed by atoms with van der Waals surface area (Å²) in [6.45, 7) is 9.58. The first-order valence-corrected chi connectivity index (χ1v) is 12.5. The molecule has 0 spiro atoms. The lowest BCUT2D eigenvalue weighted by Crippen LogP contribution is -2.47. The number of aliphatic imine (C=N–C) groups is 1. The van der Waals surface area contributed by atoms with Crippen molar-refractivity contribution in [1.29, 1.82) is 0 Å². The fourth-order valence-electron chi connectivity index (χ4n) is 3.91. The lowest BCUT2D eigenvalue weighted by Gasteiger charge is -2.34. The molecule has 0 bridgehead atoms. The number of likely N-dealkylation sites (tertiary alicyclic amines) is 1. The van der Waals surface area contributed by atoms with Crippen molar-refractivity contribution in [3.05, 3.63) is 29.8 Å². The summed E-state index contributed by atoms with van der Waals surface area (Å²) in [5.41, 5.74) is 2.60. The van der Waals surface area contributed by atoms with Gasteiger partial charge in [-0.25, -0.2) is 4.99 Å². The minimum absolute atomic E-state index is 0.363. The van der Waals surface area contributed by atoms with Gasteiger partial charge in [-0.2, -0.15) is 11.8 Å². The molecular formula is C23H38N4O2S. The van der Waals surface area contributed by atoms with Crippen LogP contribution in [0, 0.1) is 0 Å². The first-order chi connectivity index (χ1) is 14.8. The first kappa shape index (κ1) is 23.2. The highest BCUT2D eigenvalue weighted by molar-refractivity contribution is 7.99. The quantitative estimate of drug-likeness (QED) is 0.366. The van der Waals surface area contributed by atoms with Gasteiger partial charge in [0.05, 0.1) is 12.6 Å². The zero-order chi connectivity index (χ0) is 21.0. The van der Waals surface area contributed by atoms with Crippen LogP contribution in [0.25, 0.3) is 0 Å². The number of hydrogen-bond donors (Lipinski definition) is 1. The Labute approximate surface area is 186 Å². The van der Waals surface area contributed by atoms with Crippen molar-refractivity contribution in [2.45, 2.75) is 38.8 Å². The van der Waals surface area contributed by atoms with E-state index in [1.54, 1.807) is 7.11 Å². The molecule has 0 aliphatic carbocycles. The molecule has 6 nitrogen and oxygen atoms in total. The predicted molar refractivity (Wildman–Crippen MR) is 128 cm³/mol. The average Bonchev–Trinajstić information content (AvgIpc) is 2.81. The van der Waals surface area contributed by atoms with E-state index in [9.17, 15) is 0 Å². The average molecular weight is 435 g/mol. The molecule has 0 amide bonds. The minimum Gasteiger partial charge on any atom is -0.385 e. The highest BCUT2D eigenvalue weighted by Crippen LogP contribution is 2.20. The predicted octanol–water partition coefficient (Wildman–Crippen LogP) is 3.22. The van der Waals surface area contributed by atoms with Crippen molar-refractivity contribution < 1.29 is 9.47 Å². The third-order valence-electron chi connectivity index (χ3n) is 5.65. The fourth-order valence-corrected chi connectivity index (χ4v) is 4.82. The van der Waals surface area contributed by atoms with Crippen LogP contribution in [-0.4, -0.2) is 81.5 Å². The Morgan fingerprint density at radius 2 is 1.83 bits per heavy atom. The molecule has 2 saturated heterocycles. The van der Waals surface area contributed by atoms with E-state index in [1.807, 2.05) is 11.8 Å². The third kappa shape index (κ3) is 7.36. The van der Waals surface area contributed by atoms with Crippen LogP contribution in [0.5, 0.6) is 0 Å². The van der Waals surface area contributed by atoms with Gasteiger partial charge in [0.15, 0.2) is 5.96 Å². The van der Waals surface area contributed by atoms with E-state index in [0.29, 0.717) is 12.6 Å². The van der Waals surface area contributed by atoms with E-state index in [2.05, 4.69) is 46.3 Å². The summed E-state index contributed by atoms with van der Waals surface area (Å²) in [5, 5.41) is 3.47. The number of nitrogens with one attached hydrogen (secondary N) is 1. The Kier molecular flexibility index (Phi) is 10.1. The number of nitrogens with zero attached hydrogens (tertiary/aromatic N) is 3. The number of anilines is 1. The molecule has 1 N–H and O–H groups in total. The van der Waals surface area contributed by atoms with Gasteiger partial charge in [-0.3, -0.25) is 0 Å². The molecule has 2 fully saturated rings. The Morgan fingerprint density at radius 1 is 1.10 bits per heavy atom. The smallest absolute Gasteiger partial charge is 0.194 e. The zero-order valence-corrected chi connectivity index (χ0v) is 19.5. The summed E-state index contributed by atoms with van der Waals surface area (Å²) in [6, 6.07) is 8.95. The SMILES string of the molecule is CCNC(=NCc1ccc(N2CCSCC2)cc1)N1CCC(OCCCOC)CC1. The van der Waals surface area contributed by atoms with Crippen LogP contribution in [0.15, 0.2) is 29.3 Å². The number of benzene rings is 1. The largest absolute Gasteiger partial charge is 0.385 e. The van der Waals surface area contributed by atoms with E-state index in [1.165, 1.54) is 22.8 Å². The second-order valence-electron chi connectivity index (χ2n) is 7.84. The van der Waals surface area contributed by atoms with E-state index in [-0.39, 0.29) is 0 Å². The summed E-state index contributed by atoms with van der Waals surface area (Å²) in [7, 11) is 1.74. The molecule has 7 heteroatoms. The van der Waals surface area contributed by atoms with Crippen LogP contribution in [0.3, 0.4) is 0 Å². The molecule has 1 aromatic rings. The molecule has 2 heterocycles. The van der Waals surface area contributed by atoms with Gasteiger partial charge in [0.2, 0.25) is 0 Å². The van der Waals surface area contributed by atoms with Crippen LogP contribution in [0.1, 0.15) is 31.7 Å². The van der Waals surface area contributed by atoms with Crippen LogP contribution in [-0.2, 0) is 16.0 Å². The molecule has 0 aromatic heterocycles. The molecule has 3 rings (SSSR count). The standard InChI is InChI=1S/C23H38N4O2S/c1-3-24-23(27-11-9-22(10-12-27)29-16-4-15-28-2)25-19-20-5-7-21(8-6-20)26-13-17-30-18-14-26/h5-8,22H,3-4,9-19H2,1-2H3,(H,24,25). The Balaban J connectivity index is 1.48. The third-order valence-corrected chi connectivity index (χ3v) is 6.59. The van der Waals surface area contributed by atoms with E-state index in [0.717, 1.165) is 71.2 Å². The number of rotatable bonds is 9. The second-order valence-corrected chi connectivity index (χ2v) is 9.06. The van der Waals surface area contributed by atoms with Gasteiger partial charge in [0.25, 0.3) is 0 Å². The first-order valence-electron chi connectivity index (χ1n) is 11.4. The van der Waals surface area contributed by atoms with Crippen LogP contribution in [0.4, 0.5) is 5.69 Å². The number of piperidine rings is 1. The van der Waals surface area contributed by atoms with E-state index >= 15 is 0 Å². The van der Waals surface area contributed by atoms with Gasteiger partial charge in [-0.1, -0.05) is 12.1 Å². The van der Waals surface area contributed by atoms with Gasteiger partial charge in [-0.05, 0) is 43.9 Å². The number of ether oxygens (including phenoxy) is 2. The number of hydrogen-bond acceptors (Lipinski definition) is 5. The monoisotopic (exact) mass is 434 g/mol. The highest BCUT2D eigenvalue weighted by atomic mass is 32.2. The van der Waals surface area contributed by atoms with Crippen molar-refractivity contribution in [3.8, 4) is 0 Å². The fraction of sp³-hybridized carbons (Fsp3) is 0.696. The van der Waals surface area contributed by atoms with E-state index < -0.39 is 0 Å². The van der Waals surface area contributed by atoms with Crippen molar-refractivity contribution >= 4 is 23.4 Å². The van der Waals surface area contributed by atoms with E-state index in [4.69, 9.17) is 14.5 Å². The van der Waals surface area contributed by atoms with Crippen LogP contribution < -0.4 is 10.2 Å². The number of guanidine groups is 1. The highest BCUT2D eigenvalue weighted by Gasteiger charge is 2.21. The van der Waals surface area contributed by atoms with Gasteiger partial charge < -0.3 is 24.6 Å². The van der Waals surface area contributed by atoms with Crippen molar-refractivity contribution in [2.75, 3.05) is 69.5 Å². The molecule has 0 atom stereocenters. The molecular weight excluding hydrogens is 396 g/mol. The normalized spacial score (nSPS) is 18.7. The van der Waals surface area contributed by atoms with Gasteiger partial charge >= 0.3 is 0 Å². The topological polar surface area (TPSA) is 49.3 Å². The van der Waals surface area contributed by atoms with Gasteiger partial charge in [-0.15, -0.1) is 0 Å². The van der Waals surface area contributed by atoms with Gasteiger partial charge in [0, 0.05) is 70.2 Å². The van der Waals surface area contributed by atoms with Crippen molar-refractivity contribution in [3.63, 3.8) is 0 Å². The minimum atomic E-state index is 0.363. The van der Waals surface area contributed by atoms with Gasteiger partial charge in [0.1, 0.15) is 0 Å². The van der Waals surface area contributed by atoms with Crippen LogP contribution >= 0.6 is 11.8 Å². The lowest BCUT2D eigenvalue weighted by molar-refractivity contribution is 0.00990. The molecule has 30 heavy (non-hydrogen) atoms. The summed E-state index contributed by atoms with van der Waals surface area (Å²) in [5.74, 6) is 3.48. The molecule has 0 radical (unpaired) electrons. The molecule has 2 aliphatic rings. The second kappa shape index (κ2) is 13.1. The summed E-state index contributed by atoms with van der Waals surface area (Å²) in [6.07, 6.45) is 3.44. The maximum Gasteiger partial charge on any atom is 0.194 e. The van der Waals surface area contributed by atoms with Crippen molar-refractivity contribution in [2.24, 2.45) is 4.99 Å².